The van der Waals surface area contributed by atoms with Gasteiger partial charge in [-0.15, -0.1) is 0 Å². The second-order valence-electron chi connectivity index (χ2n) is 4.98. The summed E-state index contributed by atoms with van der Waals surface area (Å²) in [5, 5.41) is 3.03. The van der Waals surface area contributed by atoms with Gasteiger partial charge in [-0.05, 0) is 40.7 Å². The number of carbonyl (C=O) groups excluding carboxylic acids is 2. The summed E-state index contributed by atoms with van der Waals surface area (Å²) < 4.78 is 0. The number of ketones is 2. The lowest BCUT2D eigenvalue weighted by Gasteiger charge is -2.20. The summed E-state index contributed by atoms with van der Waals surface area (Å²) >= 11 is 0. The molecule has 2 aromatic rings. The van der Waals surface area contributed by atoms with Crippen molar-refractivity contribution >= 4 is 38.9 Å². The molecular formula is C17H12ClNO2S. The number of aryl methyl sites for hydroxylation is 1. The minimum Gasteiger partial charge on any atom is -0.351 e. The topological polar surface area (TPSA) is 46.2 Å². The molecule has 0 saturated carbocycles. The molecule has 1 aliphatic rings. The molecule has 1 N–H and O–H groups in total. The number of rotatable bonds is 3. The lowest BCUT2D eigenvalue weighted by molar-refractivity contribution is 0.0982. The number of nitrogens with one attached hydrogen (secondary N) is 1. The van der Waals surface area contributed by atoms with E-state index in [-0.39, 0.29) is 22.2 Å². The van der Waals surface area contributed by atoms with Gasteiger partial charge in [0.2, 0.25) is 11.6 Å². The number of allylic oxidation sites excluding steroid dienone is 2. The largest absolute Gasteiger partial charge is 0.351 e. The van der Waals surface area contributed by atoms with Gasteiger partial charge in [-0.2, -0.15) is 0 Å². The smallest absolute Gasteiger partial charge is 0.211 e. The molecule has 3 nitrogen and oxygen atoms in total. The molecular weight excluding hydrogens is 318 g/mol. The van der Waals surface area contributed by atoms with E-state index in [1.54, 1.807) is 24.3 Å². The number of anilines is 1. The van der Waals surface area contributed by atoms with Crippen LogP contribution >= 0.6 is 21.7 Å². The van der Waals surface area contributed by atoms with Crippen molar-refractivity contribution in [1.82, 2.24) is 0 Å². The molecule has 1 aliphatic carbocycles. The Morgan fingerprint density at radius 2 is 1.50 bits per heavy atom. The van der Waals surface area contributed by atoms with Crippen molar-refractivity contribution in [2.75, 3.05) is 5.32 Å². The van der Waals surface area contributed by atoms with Gasteiger partial charge in [-0.1, -0.05) is 42.0 Å². The zero-order valence-corrected chi connectivity index (χ0v) is 13.3. The van der Waals surface area contributed by atoms with Crippen LogP contribution in [0.1, 0.15) is 26.3 Å². The average Bonchev–Trinajstić information content (AvgIpc) is 2.55. The van der Waals surface area contributed by atoms with E-state index >= 15 is 0 Å². The van der Waals surface area contributed by atoms with Crippen LogP contribution in [0.2, 0.25) is 0 Å². The van der Waals surface area contributed by atoms with Gasteiger partial charge >= 0.3 is 0 Å². The van der Waals surface area contributed by atoms with E-state index in [9.17, 15) is 9.59 Å². The van der Waals surface area contributed by atoms with Gasteiger partial charge in [-0.3, -0.25) is 9.59 Å². The standard InChI is InChI=1S/C17H12ClNO2S/c1-10-6-8-11(9-7-10)19-14-15(20)12-4-2-3-5-13(12)16(21)17(14)22-18/h2-9,19H,1H3. The minimum atomic E-state index is -0.232. The Balaban J connectivity index is 2.06. The SMILES string of the molecule is Cc1ccc(NC2=C(SCl)C(=O)c3ccccc3C2=O)cc1. The van der Waals surface area contributed by atoms with Crippen LogP contribution in [0.3, 0.4) is 0 Å². The summed E-state index contributed by atoms with van der Waals surface area (Å²) in [4.78, 5) is 25.4. The van der Waals surface area contributed by atoms with E-state index in [1.807, 2.05) is 31.2 Å². The first-order valence-electron chi connectivity index (χ1n) is 6.67. The quantitative estimate of drug-likeness (QED) is 0.895. The van der Waals surface area contributed by atoms with Gasteiger partial charge < -0.3 is 5.32 Å². The Bertz CT molecular complexity index is 797. The fourth-order valence-electron chi connectivity index (χ4n) is 2.32. The fraction of sp³-hybridized carbons (Fsp3) is 0.0588. The summed E-state index contributed by atoms with van der Waals surface area (Å²) in [5.74, 6) is -0.455. The Hall–Kier alpha value is -2.04. The lowest BCUT2D eigenvalue weighted by Crippen LogP contribution is -2.24. The third kappa shape index (κ3) is 2.56. The highest BCUT2D eigenvalue weighted by Crippen LogP contribution is 2.35. The highest BCUT2D eigenvalue weighted by Gasteiger charge is 2.32. The van der Waals surface area contributed by atoms with Gasteiger partial charge in [0.15, 0.2) is 0 Å². The van der Waals surface area contributed by atoms with Gasteiger partial charge in [0, 0.05) is 16.8 Å². The number of Topliss-reactive ketones (excluding diaryl/α,β-unsaturated/α-hetero) is 2. The number of hydrogen-bond acceptors (Lipinski definition) is 4. The molecule has 22 heavy (non-hydrogen) atoms. The van der Waals surface area contributed by atoms with Crippen molar-refractivity contribution in [2.45, 2.75) is 6.92 Å². The number of fused-ring (bicyclic) bond motifs is 1. The van der Waals surface area contributed by atoms with Crippen LogP contribution in [0.5, 0.6) is 0 Å². The molecule has 0 aliphatic heterocycles. The van der Waals surface area contributed by atoms with Gasteiger partial charge in [0.1, 0.15) is 5.70 Å². The number of benzene rings is 2. The summed E-state index contributed by atoms with van der Waals surface area (Å²) in [5.41, 5.74) is 2.88. The first-order chi connectivity index (χ1) is 10.6. The van der Waals surface area contributed by atoms with Crippen molar-refractivity contribution in [3.8, 4) is 0 Å². The summed E-state index contributed by atoms with van der Waals surface area (Å²) in [6.07, 6.45) is 0. The highest BCUT2D eigenvalue weighted by atomic mass is 35.7. The molecule has 0 fully saturated rings. The number of hydrogen-bond donors (Lipinski definition) is 1. The van der Waals surface area contributed by atoms with E-state index in [4.69, 9.17) is 10.7 Å². The molecule has 0 unspecified atom stereocenters. The third-order valence-electron chi connectivity index (χ3n) is 3.47. The van der Waals surface area contributed by atoms with Crippen LogP contribution in [0.25, 0.3) is 0 Å². The zero-order chi connectivity index (χ0) is 15.7. The monoisotopic (exact) mass is 329 g/mol. The van der Waals surface area contributed by atoms with Crippen molar-refractivity contribution in [2.24, 2.45) is 0 Å². The molecule has 0 bridgehead atoms. The number of carbonyl (C=O) groups is 2. The number of halogens is 1. The summed E-state index contributed by atoms with van der Waals surface area (Å²) in [6.45, 7) is 1.98. The van der Waals surface area contributed by atoms with Crippen LogP contribution in [0.15, 0.2) is 59.1 Å². The molecule has 2 aromatic carbocycles. The second-order valence-corrected chi connectivity index (χ2v) is 6.00. The van der Waals surface area contributed by atoms with E-state index in [2.05, 4.69) is 5.32 Å². The molecule has 5 heteroatoms. The van der Waals surface area contributed by atoms with E-state index in [0.29, 0.717) is 11.1 Å². The first kappa shape index (κ1) is 14.9. The van der Waals surface area contributed by atoms with Crippen LogP contribution in [0, 0.1) is 6.92 Å². The third-order valence-corrected chi connectivity index (χ3v) is 4.48. The maximum absolute atomic E-state index is 12.7. The van der Waals surface area contributed by atoms with Crippen LogP contribution in [-0.4, -0.2) is 11.6 Å². The van der Waals surface area contributed by atoms with Crippen molar-refractivity contribution in [1.29, 1.82) is 0 Å². The summed E-state index contributed by atoms with van der Waals surface area (Å²) in [6, 6.07) is 14.4. The Labute approximate surface area is 136 Å². The molecule has 0 radical (unpaired) electrons. The van der Waals surface area contributed by atoms with Crippen molar-refractivity contribution in [3.63, 3.8) is 0 Å². The molecule has 0 saturated heterocycles. The van der Waals surface area contributed by atoms with Crippen molar-refractivity contribution < 1.29 is 9.59 Å². The van der Waals surface area contributed by atoms with Crippen LogP contribution < -0.4 is 5.32 Å². The molecule has 110 valence electrons. The molecule has 0 amide bonds. The van der Waals surface area contributed by atoms with E-state index < -0.39 is 0 Å². The first-order valence-corrected chi connectivity index (χ1v) is 8.31. The molecule has 3 rings (SSSR count). The summed E-state index contributed by atoms with van der Waals surface area (Å²) in [7, 11) is 6.61. The Kier molecular flexibility index (Phi) is 4.05. The molecule has 0 heterocycles. The predicted molar refractivity (Wildman–Crippen MR) is 90.4 cm³/mol. The average molecular weight is 330 g/mol. The van der Waals surface area contributed by atoms with Gasteiger partial charge in [0.25, 0.3) is 0 Å². The minimum absolute atomic E-state index is 0.223. The Morgan fingerprint density at radius 3 is 2.09 bits per heavy atom. The maximum atomic E-state index is 12.7. The van der Waals surface area contributed by atoms with Gasteiger partial charge in [-0.25, -0.2) is 0 Å². The predicted octanol–water partition coefficient (Wildman–Crippen LogP) is 4.58. The zero-order valence-electron chi connectivity index (χ0n) is 11.7. The lowest BCUT2D eigenvalue weighted by atomic mass is 9.92. The second kappa shape index (κ2) is 5.99. The van der Waals surface area contributed by atoms with Crippen molar-refractivity contribution in [3.05, 3.63) is 75.8 Å². The maximum Gasteiger partial charge on any atom is 0.211 e. The molecule has 0 aromatic heterocycles. The Morgan fingerprint density at radius 1 is 0.909 bits per heavy atom. The molecule has 0 atom stereocenters. The molecule has 0 spiro atoms. The van der Waals surface area contributed by atoms with E-state index in [0.717, 1.165) is 22.2 Å². The van der Waals surface area contributed by atoms with E-state index in [1.165, 1.54) is 0 Å². The fourth-order valence-corrected chi connectivity index (χ4v) is 3.16. The highest BCUT2D eigenvalue weighted by molar-refractivity contribution is 8.24. The van der Waals surface area contributed by atoms with Crippen LogP contribution in [-0.2, 0) is 0 Å². The normalized spacial score (nSPS) is 14.1. The van der Waals surface area contributed by atoms with Gasteiger partial charge in [0.05, 0.1) is 4.91 Å². The van der Waals surface area contributed by atoms with Crippen LogP contribution in [0.4, 0.5) is 5.69 Å².